The zero-order chi connectivity index (χ0) is 16.9. The van der Waals surface area contributed by atoms with Gasteiger partial charge in [-0.05, 0) is 31.2 Å². The number of aromatic nitrogens is 2. The average Bonchev–Trinajstić information content (AvgIpc) is 3.30. The number of aliphatic hydroxyl groups excluding tert-OH is 1. The molecule has 1 aliphatic rings. The minimum Gasteiger partial charge on any atom is -0.394 e. The summed E-state index contributed by atoms with van der Waals surface area (Å²) in [4.78, 5) is 12.0. The van der Waals surface area contributed by atoms with Gasteiger partial charge >= 0.3 is 0 Å². The first-order chi connectivity index (χ1) is 11.7. The number of anilines is 1. The minimum atomic E-state index is -0.203. The highest BCUT2D eigenvalue weighted by Crippen LogP contribution is 2.28. The molecule has 0 saturated heterocycles. The Morgan fingerprint density at radius 2 is 2.21 bits per heavy atom. The van der Waals surface area contributed by atoms with Gasteiger partial charge in [0.2, 0.25) is 0 Å². The molecule has 1 aliphatic carbocycles. The monoisotopic (exact) mass is 329 g/mol. The lowest BCUT2D eigenvalue weighted by atomic mass is 10.1. The third-order valence-corrected chi connectivity index (χ3v) is 4.06. The summed E-state index contributed by atoms with van der Waals surface area (Å²) >= 11 is 0. The van der Waals surface area contributed by atoms with Gasteiger partial charge in [0.15, 0.2) is 0 Å². The SMILES string of the molecule is Cc1ccccc1-c1cc(NC(=O)COCC2CC2)n(CCO)n1. The van der Waals surface area contributed by atoms with Gasteiger partial charge in [-0.15, -0.1) is 0 Å². The van der Waals surface area contributed by atoms with E-state index in [-0.39, 0.29) is 19.1 Å². The molecule has 2 aromatic rings. The number of carbonyl (C=O) groups is 1. The summed E-state index contributed by atoms with van der Waals surface area (Å²) in [5, 5.41) is 16.6. The van der Waals surface area contributed by atoms with Crippen molar-refractivity contribution in [1.29, 1.82) is 0 Å². The van der Waals surface area contributed by atoms with Gasteiger partial charge in [-0.3, -0.25) is 4.79 Å². The molecule has 0 atom stereocenters. The molecule has 0 radical (unpaired) electrons. The van der Waals surface area contributed by atoms with Crippen molar-refractivity contribution in [3.63, 3.8) is 0 Å². The molecule has 2 N–H and O–H groups in total. The molecule has 3 rings (SSSR count). The second-order valence-corrected chi connectivity index (χ2v) is 6.18. The van der Waals surface area contributed by atoms with Crippen LogP contribution in [-0.4, -0.2) is 40.6 Å². The quantitative estimate of drug-likeness (QED) is 0.778. The normalized spacial score (nSPS) is 13.9. The van der Waals surface area contributed by atoms with E-state index in [0.29, 0.717) is 24.9 Å². The van der Waals surface area contributed by atoms with E-state index >= 15 is 0 Å². The highest BCUT2D eigenvalue weighted by Gasteiger charge is 2.21. The molecule has 128 valence electrons. The summed E-state index contributed by atoms with van der Waals surface area (Å²) in [6.07, 6.45) is 2.40. The van der Waals surface area contributed by atoms with Gasteiger partial charge in [0.05, 0.1) is 25.5 Å². The molecule has 0 unspecified atom stereocenters. The summed E-state index contributed by atoms with van der Waals surface area (Å²) in [6, 6.07) is 9.77. The Hall–Kier alpha value is -2.18. The first-order valence-electron chi connectivity index (χ1n) is 8.29. The van der Waals surface area contributed by atoms with Gasteiger partial charge in [-0.25, -0.2) is 4.68 Å². The van der Waals surface area contributed by atoms with E-state index in [4.69, 9.17) is 4.74 Å². The van der Waals surface area contributed by atoms with Crippen LogP contribution in [0.4, 0.5) is 5.82 Å². The molecular weight excluding hydrogens is 306 g/mol. The third-order valence-electron chi connectivity index (χ3n) is 4.06. The molecule has 0 aliphatic heterocycles. The number of nitrogens with zero attached hydrogens (tertiary/aromatic N) is 2. The molecule has 0 bridgehead atoms. The number of aliphatic hydroxyl groups is 1. The predicted octanol–water partition coefficient (Wildman–Crippen LogP) is 2.22. The van der Waals surface area contributed by atoms with Crippen molar-refractivity contribution in [3.8, 4) is 11.3 Å². The molecule has 0 spiro atoms. The molecule has 1 heterocycles. The molecule has 1 amide bonds. The number of ether oxygens (including phenoxy) is 1. The van der Waals surface area contributed by atoms with E-state index in [2.05, 4.69) is 10.4 Å². The molecule has 1 saturated carbocycles. The lowest BCUT2D eigenvalue weighted by Crippen LogP contribution is -2.21. The van der Waals surface area contributed by atoms with Crippen LogP contribution in [0.5, 0.6) is 0 Å². The number of aryl methyl sites for hydroxylation is 1. The molecule has 1 aromatic heterocycles. The van der Waals surface area contributed by atoms with Crippen molar-refractivity contribution in [2.24, 2.45) is 5.92 Å². The Morgan fingerprint density at radius 1 is 1.42 bits per heavy atom. The van der Waals surface area contributed by atoms with E-state index in [1.54, 1.807) is 4.68 Å². The number of amides is 1. The van der Waals surface area contributed by atoms with Crippen LogP contribution in [0, 0.1) is 12.8 Å². The van der Waals surface area contributed by atoms with Gasteiger partial charge < -0.3 is 15.2 Å². The Balaban J connectivity index is 1.71. The van der Waals surface area contributed by atoms with Crippen LogP contribution in [0.15, 0.2) is 30.3 Å². The van der Waals surface area contributed by atoms with Gasteiger partial charge in [0.1, 0.15) is 12.4 Å². The number of rotatable bonds is 8. The van der Waals surface area contributed by atoms with Crippen molar-refractivity contribution < 1.29 is 14.6 Å². The van der Waals surface area contributed by atoms with E-state index < -0.39 is 0 Å². The molecule has 24 heavy (non-hydrogen) atoms. The third kappa shape index (κ3) is 4.21. The van der Waals surface area contributed by atoms with Gasteiger partial charge in [-0.1, -0.05) is 24.3 Å². The zero-order valence-electron chi connectivity index (χ0n) is 13.9. The lowest BCUT2D eigenvalue weighted by Gasteiger charge is -2.07. The fraction of sp³-hybridized carbons (Fsp3) is 0.444. The lowest BCUT2D eigenvalue weighted by molar-refractivity contribution is -0.120. The van der Waals surface area contributed by atoms with E-state index in [1.807, 2.05) is 37.3 Å². The number of hydrogen-bond donors (Lipinski definition) is 2. The molecule has 6 nitrogen and oxygen atoms in total. The summed E-state index contributed by atoms with van der Waals surface area (Å²) in [6.45, 7) is 2.99. The maximum absolute atomic E-state index is 12.0. The number of benzene rings is 1. The molecular formula is C18H23N3O3. The highest BCUT2D eigenvalue weighted by atomic mass is 16.5. The predicted molar refractivity (Wildman–Crippen MR) is 91.7 cm³/mol. The first-order valence-corrected chi connectivity index (χ1v) is 8.29. The Bertz CT molecular complexity index is 707. The molecule has 1 fully saturated rings. The van der Waals surface area contributed by atoms with Crippen LogP contribution in [0.25, 0.3) is 11.3 Å². The van der Waals surface area contributed by atoms with E-state index in [9.17, 15) is 9.90 Å². The van der Waals surface area contributed by atoms with Crippen molar-refractivity contribution in [1.82, 2.24) is 9.78 Å². The Kier molecular flexibility index (Phi) is 5.27. The van der Waals surface area contributed by atoms with Crippen LogP contribution in [0.1, 0.15) is 18.4 Å². The summed E-state index contributed by atoms with van der Waals surface area (Å²) in [5.41, 5.74) is 2.89. The fourth-order valence-electron chi connectivity index (χ4n) is 2.56. The summed E-state index contributed by atoms with van der Waals surface area (Å²) in [5.74, 6) is 0.999. The average molecular weight is 329 g/mol. The maximum atomic E-state index is 12.0. The van der Waals surface area contributed by atoms with Crippen LogP contribution in [0.3, 0.4) is 0 Å². The summed E-state index contributed by atoms with van der Waals surface area (Å²) < 4.78 is 7.02. The van der Waals surface area contributed by atoms with E-state index in [0.717, 1.165) is 16.8 Å². The van der Waals surface area contributed by atoms with Crippen molar-refractivity contribution in [2.45, 2.75) is 26.3 Å². The van der Waals surface area contributed by atoms with Crippen molar-refractivity contribution >= 4 is 11.7 Å². The van der Waals surface area contributed by atoms with Crippen molar-refractivity contribution in [2.75, 3.05) is 25.1 Å². The zero-order valence-corrected chi connectivity index (χ0v) is 13.9. The second kappa shape index (κ2) is 7.59. The fourth-order valence-corrected chi connectivity index (χ4v) is 2.56. The molecule has 1 aromatic carbocycles. The highest BCUT2D eigenvalue weighted by molar-refractivity contribution is 5.91. The smallest absolute Gasteiger partial charge is 0.251 e. The van der Waals surface area contributed by atoms with Crippen LogP contribution in [-0.2, 0) is 16.1 Å². The van der Waals surface area contributed by atoms with E-state index in [1.165, 1.54) is 12.8 Å². The topological polar surface area (TPSA) is 76.4 Å². The minimum absolute atomic E-state index is 0.0422. The largest absolute Gasteiger partial charge is 0.394 e. The summed E-state index contributed by atoms with van der Waals surface area (Å²) in [7, 11) is 0. The van der Waals surface area contributed by atoms with Gasteiger partial charge in [-0.2, -0.15) is 5.10 Å². The number of nitrogens with one attached hydrogen (secondary N) is 1. The molecule has 6 heteroatoms. The first kappa shape index (κ1) is 16.7. The Morgan fingerprint density at radius 3 is 2.92 bits per heavy atom. The Labute approximate surface area is 141 Å². The van der Waals surface area contributed by atoms with Gasteiger partial charge in [0.25, 0.3) is 5.91 Å². The number of hydrogen-bond acceptors (Lipinski definition) is 4. The maximum Gasteiger partial charge on any atom is 0.251 e. The van der Waals surface area contributed by atoms with Crippen LogP contribution < -0.4 is 5.32 Å². The van der Waals surface area contributed by atoms with Crippen LogP contribution >= 0.6 is 0 Å². The van der Waals surface area contributed by atoms with Gasteiger partial charge in [0, 0.05) is 11.6 Å². The van der Waals surface area contributed by atoms with Crippen molar-refractivity contribution in [3.05, 3.63) is 35.9 Å². The van der Waals surface area contributed by atoms with Crippen LogP contribution in [0.2, 0.25) is 0 Å². The number of carbonyl (C=O) groups excluding carboxylic acids is 1. The standard InChI is InChI=1S/C18H23N3O3/c1-13-4-2-3-5-15(13)16-10-17(21(20-16)8-9-22)19-18(23)12-24-11-14-6-7-14/h2-5,10,14,22H,6-9,11-12H2,1H3,(H,19,23). The second-order valence-electron chi connectivity index (χ2n) is 6.18.